The highest BCUT2D eigenvalue weighted by atomic mass is 32.2. The van der Waals surface area contributed by atoms with E-state index >= 15 is 0 Å². The van der Waals surface area contributed by atoms with Crippen LogP contribution in [0.25, 0.3) is 0 Å². The Morgan fingerprint density at radius 3 is 2.25 bits per heavy atom. The van der Waals surface area contributed by atoms with Crippen LogP contribution in [0.4, 0.5) is 0 Å². The molecule has 1 atom stereocenters. The Kier molecular flexibility index (Phi) is 4.73. The smallest absolute Gasteiger partial charge is 0.0558 e. The second-order valence-electron chi connectivity index (χ2n) is 5.77. The Hall–Kier alpha value is 0.270. The van der Waals surface area contributed by atoms with Crippen molar-refractivity contribution in [1.82, 2.24) is 4.90 Å². The molecule has 1 heterocycles. The molecule has 0 N–H and O–H groups in total. The lowest BCUT2D eigenvalue weighted by Gasteiger charge is -2.56. The van der Waals surface area contributed by atoms with E-state index in [1.807, 2.05) is 11.8 Å². The summed E-state index contributed by atoms with van der Waals surface area (Å²) in [5.74, 6) is 2.43. The zero-order valence-electron chi connectivity index (χ0n) is 11.7. The minimum atomic E-state index is 0.302. The molecular weight excluding hydrogens is 218 g/mol. The predicted molar refractivity (Wildman–Crippen MR) is 73.2 cm³/mol. The van der Waals surface area contributed by atoms with Crippen molar-refractivity contribution in [1.29, 1.82) is 0 Å². The SMILES string of the molecule is CCSCC1(C(C)(C)C(C)N(C)C)COC1. The van der Waals surface area contributed by atoms with Crippen LogP contribution < -0.4 is 0 Å². The second kappa shape index (κ2) is 5.28. The summed E-state index contributed by atoms with van der Waals surface area (Å²) in [6.45, 7) is 11.2. The molecule has 0 amide bonds. The van der Waals surface area contributed by atoms with Crippen molar-refractivity contribution in [3.05, 3.63) is 0 Å². The molecule has 0 aromatic heterocycles. The van der Waals surface area contributed by atoms with E-state index in [2.05, 4.69) is 46.7 Å². The van der Waals surface area contributed by atoms with Crippen LogP contribution in [0.1, 0.15) is 27.7 Å². The third kappa shape index (κ3) is 2.41. The molecule has 1 fully saturated rings. The third-order valence-electron chi connectivity index (χ3n) is 4.53. The van der Waals surface area contributed by atoms with Gasteiger partial charge in [0, 0.05) is 17.2 Å². The van der Waals surface area contributed by atoms with Crippen molar-refractivity contribution >= 4 is 11.8 Å². The fraction of sp³-hybridized carbons (Fsp3) is 1.00. The van der Waals surface area contributed by atoms with Gasteiger partial charge in [-0.3, -0.25) is 0 Å². The van der Waals surface area contributed by atoms with Gasteiger partial charge in [0.15, 0.2) is 0 Å². The van der Waals surface area contributed by atoms with Gasteiger partial charge in [0.05, 0.1) is 13.2 Å². The Labute approximate surface area is 105 Å². The van der Waals surface area contributed by atoms with Gasteiger partial charge >= 0.3 is 0 Å². The lowest BCUT2D eigenvalue weighted by Crippen LogP contribution is -2.60. The molecule has 1 saturated heterocycles. The molecular formula is C13H27NOS. The molecule has 1 aliphatic heterocycles. The van der Waals surface area contributed by atoms with Crippen LogP contribution in [0.2, 0.25) is 0 Å². The summed E-state index contributed by atoms with van der Waals surface area (Å²) in [6.07, 6.45) is 0. The largest absolute Gasteiger partial charge is 0.380 e. The zero-order valence-corrected chi connectivity index (χ0v) is 12.5. The summed E-state index contributed by atoms with van der Waals surface area (Å²) in [7, 11) is 4.35. The van der Waals surface area contributed by atoms with Crippen molar-refractivity contribution in [2.24, 2.45) is 10.8 Å². The number of nitrogens with zero attached hydrogens (tertiary/aromatic N) is 1. The molecule has 0 aromatic carbocycles. The van der Waals surface area contributed by atoms with E-state index in [0.29, 0.717) is 16.9 Å². The van der Waals surface area contributed by atoms with E-state index in [1.165, 1.54) is 11.5 Å². The minimum absolute atomic E-state index is 0.302. The van der Waals surface area contributed by atoms with Crippen LogP contribution in [-0.2, 0) is 4.74 Å². The summed E-state index contributed by atoms with van der Waals surface area (Å²) >= 11 is 2.05. The molecule has 16 heavy (non-hydrogen) atoms. The van der Waals surface area contributed by atoms with Gasteiger partial charge in [-0.15, -0.1) is 0 Å². The lowest BCUT2D eigenvalue weighted by atomic mass is 9.61. The van der Waals surface area contributed by atoms with Gasteiger partial charge < -0.3 is 9.64 Å². The molecule has 3 heteroatoms. The van der Waals surface area contributed by atoms with Crippen LogP contribution in [-0.4, -0.2) is 49.8 Å². The first kappa shape index (κ1) is 14.3. The van der Waals surface area contributed by atoms with E-state index in [-0.39, 0.29) is 0 Å². The van der Waals surface area contributed by atoms with Gasteiger partial charge in [0.25, 0.3) is 0 Å². The Bertz CT molecular complexity index is 224. The normalized spacial score (nSPS) is 21.9. The van der Waals surface area contributed by atoms with E-state index in [9.17, 15) is 0 Å². The molecule has 96 valence electrons. The van der Waals surface area contributed by atoms with Crippen molar-refractivity contribution in [2.75, 3.05) is 38.8 Å². The molecule has 0 aromatic rings. The molecule has 0 aliphatic carbocycles. The maximum atomic E-state index is 5.52. The van der Waals surface area contributed by atoms with Gasteiger partial charge in [0.2, 0.25) is 0 Å². The number of ether oxygens (including phenoxy) is 1. The van der Waals surface area contributed by atoms with Crippen LogP contribution in [0.15, 0.2) is 0 Å². The van der Waals surface area contributed by atoms with E-state index < -0.39 is 0 Å². The number of hydrogen-bond donors (Lipinski definition) is 0. The molecule has 2 nitrogen and oxygen atoms in total. The van der Waals surface area contributed by atoms with Crippen molar-refractivity contribution in [3.63, 3.8) is 0 Å². The summed E-state index contributed by atoms with van der Waals surface area (Å²) < 4.78 is 5.52. The Balaban J connectivity index is 2.77. The minimum Gasteiger partial charge on any atom is -0.380 e. The highest BCUT2D eigenvalue weighted by Crippen LogP contribution is 2.49. The zero-order chi connectivity index (χ0) is 12.4. The van der Waals surface area contributed by atoms with E-state index in [0.717, 1.165) is 13.2 Å². The van der Waals surface area contributed by atoms with Crippen molar-refractivity contribution in [3.8, 4) is 0 Å². The van der Waals surface area contributed by atoms with Crippen LogP contribution in [0.5, 0.6) is 0 Å². The number of hydrogen-bond acceptors (Lipinski definition) is 3. The van der Waals surface area contributed by atoms with E-state index in [4.69, 9.17) is 4.74 Å². The summed E-state index contributed by atoms with van der Waals surface area (Å²) in [6, 6.07) is 0.578. The standard InChI is InChI=1S/C13H27NOS/c1-7-16-10-13(8-15-9-13)12(3,4)11(2)14(5)6/h11H,7-10H2,1-6H3. The third-order valence-corrected chi connectivity index (χ3v) is 5.69. The Morgan fingerprint density at radius 1 is 1.38 bits per heavy atom. The van der Waals surface area contributed by atoms with Crippen LogP contribution in [0.3, 0.4) is 0 Å². The summed E-state index contributed by atoms with van der Waals surface area (Å²) in [4.78, 5) is 2.33. The molecule has 1 unspecified atom stereocenters. The Morgan fingerprint density at radius 2 is 1.94 bits per heavy atom. The molecule has 1 aliphatic rings. The first-order valence-electron chi connectivity index (χ1n) is 6.19. The molecule has 1 rings (SSSR count). The number of thioether (sulfide) groups is 1. The van der Waals surface area contributed by atoms with Gasteiger partial charge in [0.1, 0.15) is 0 Å². The lowest BCUT2D eigenvalue weighted by molar-refractivity contribution is -0.176. The topological polar surface area (TPSA) is 12.5 Å². The summed E-state index contributed by atoms with van der Waals surface area (Å²) in [5.41, 5.74) is 0.675. The highest BCUT2D eigenvalue weighted by Gasteiger charge is 2.53. The summed E-state index contributed by atoms with van der Waals surface area (Å²) in [5, 5.41) is 0. The molecule has 0 bridgehead atoms. The van der Waals surface area contributed by atoms with Crippen LogP contribution >= 0.6 is 11.8 Å². The fourth-order valence-electron chi connectivity index (χ4n) is 2.38. The quantitative estimate of drug-likeness (QED) is 0.714. The van der Waals surface area contributed by atoms with Crippen molar-refractivity contribution < 1.29 is 4.74 Å². The maximum Gasteiger partial charge on any atom is 0.0558 e. The predicted octanol–water partition coefficient (Wildman–Crippen LogP) is 2.73. The molecule has 0 spiro atoms. The second-order valence-corrected chi connectivity index (χ2v) is 7.05. The first-order valence-corrected chi connectivity index (χ1v) is 7.35. The van der Waals surface area contributed by atoms with Gasteiger partial charge in [-0.1, -0.05) is 20.8 Å². The first-order chi connectivity index (χ1) is 7.37. The van der Waals surface area contributed by atoms with Gasteiger partial charge in [-0.25, -0.2) is 0 Å². The van der Waals surface area contributed by atoms with E-state index in [1.54, 1.807) is 0 Å². The number of rotatable bonds is 6. The van der Waals surface area contributed by atoms with Crippen LogP contribution in [0, 0.1) is 10.8 Å². The fourth-order valence-corrected chi connectivity index (χ4v) is 3.51. The van der Waals surface area contributed by atoms with Gasteiger partial charge in [-0.2, -0.15) is 11.8 Å². The molecule has 0 saturated carbocycles. The van der Waals surface area contributed by atoms with Gasteiger partial charge in [-0.05, 0) is 32.2 Å². The van der Waals surface area contributed by atoms with Crippen molar-refractivity contribution in [2.45, 2.75) is 33.7 Å². The molecule has 0 radical (unpaired) electrons. The monoisotopic (exact) mass is 245 g/mol. The average molecular weight is 245 g/mol. The maximum absolute atomic E-state index is 5.52. The highest BCUT2D eigenvalue weighted by molar-refractivity contribution is 7.99. The average Bonchev–Trinajstić information content (AvgIpc) is 2.14.